The molecule has 0 aromatic carbocycles. The highest BCUT2D eigenvalue weighted by molar-refractivity contribution is 7.15. The third-order valence-corrected chi connectivity index (χ3v) is 4.70. The molecule has 3 N–H and O–H groups in total. The monoisotopic (exact) mass is 276 g/mol. The lowest BCUT2D eigenvalue weighted by atomic mass is 10.2. The third-order valence-electron chi connectivity index (χ3n) is 3.60. The molecule has 4 nitrogen and oxygen atoms in total. The fourth-order valence-electron chi connectivity index (χ4n) is 2.62. The van der Waals surface area contributed by atoms with Crippen molar-refractivity contribution in [3.8, 4) is 10.6 Å². The molecule has 2 aromatic heterocycles. The highest BCUT2D eigenvalue weighted by atomic mass is 32.1. The normalized spacial score (nSPS) is 21.4. The zero-order valence-electron chi connectivity index (χ0n) is 11.0. The fraction of sp³-hybridized carbons (Fsp3) is 0.500. The van der Waals surface area contributed by atoms with E-state index in [0.29, 0.717) is 6.04 Å². The molecule has 1 aliphatic heterocycles. The van der Waals surface area contributed by atoms with Gasteiger partial charge in [0.25, 0.3) is 0 Å². The van der Waals surface area contributed by atoms with Gasteiger partial charge in [-0.3, -0.25) is 10.00 Å². The number of aromatic amines is 1. The number of nitrogens with zero attached hydrogens (tertiary/aromatic N) is 2. The molecule has 19 heavy (non-hydrogen) atoms. The summed E-state index contributed by atoms with van der Waals surface area (Å²) in [6, 6.07) is 6.74. The second-order valence-electron chi connectivity index (χ2n) is 5.23. The molecule has 1 fully saturated rings. The summed E-state index contributed by atoms with van der Waals surface area (Å²) in [4.78, 5) is 5.14. The predicted molar refractivity (Wildman–Crippen MR) is 79.0 cm³/mol. The van der Waals surface area contributed by atoms with Gasteiger partial charge in [0.2, 0.25) is 0 Å². The molecular formula is C14H20N4S. The first kappa shape index (κ1) is 12.8. The van der Waals surface area contributed by atoms with Gasteiger partial charge in [-0.25, -0.2) is 0 Å². The maximum absolute atomic E-state index is 6.11. The van der Waals surface area contributed by atoms with Crippen LogP contribution in [0.15, 0.2) is 24.4 Å². The lowest BCUT2D eigenvalue weighted by Crippen LogP contribution is -2.35. The number of nitrogens with one attached hydrogen (secondary N) is 1. The van der Waals surface area contributed by atoms with E-state index in [2.05, 4.69) is 27.2 Å². The van der Waals surface area contributed by atoms with Crippen LogP contribution in [-0.4, -0.2) is 34.2 Å². The molecule has 0 saturated carbocycles. The lowest BCUT2D eigenvalue weighted by molar-refractivity contribution is 0.267. The van der Waals surface area contributed by atoms with E-state index in [4.69, 9.17) is 5.73 Å². The number of rotatable bonds is 3. The summed E-state index contributed by atoms with van der Waals surface area (Å²) in [5, 5.41) is 7.01. The van der Waals surface area contributed by atoms with Crippen molar-refractivity contribution in [3.63, 3.8) is 0 Å². The van der Waals surface area contributed by atoms with Gasteiger partial charge in [-0.1, -0.05) is 6.42 Å². The summed E-state index contributed by atoms with van der Waals surface area (Å²) in [7, 11) is 0. The molecule has 0 bridgehead atoms. The minimum atomic E-state index is 0.342. The molecule has 0 amide bonds. The van der Waals surface area contributed by atoms with Crippen molar-refractivity contribution in [2.75, 3.05) is 13.1 Å². The summed E-state index contributed by atoms with van der Waals surface area (Å²) in [5.41, 5.74) is 7.21. The summed E-state index contributed by atoms with van der Waals surface area (Å²) in [5.74, 6) is 0. The largest absolute Gasteiger partial charge is 0.327 e. The Labute approximate surface area is 117 Å². The van der Waals surface area contributed by atoms with Gasteiger partial charge in [0.15, 0.2) is 0 Å². The van der Waals surface area contributed by atoms with Gasteiger partial charge in [0.1, 0.15) is 0 Å². The Morgan fingerprint density at radius 1 is 1.37 bits per heavy atom. The standard InChI is InChI=1S/C14H20N4S/c15-11-3-1-2-8-18(9-11)10-12-4-5-14(19-12)13-6-7-16-17-13/h4-7,11H,1-3,8-10,15H2,(H,16,17)/t11-/m1/s1. The van der Waals surface area contributed by atoms with Crippen molar-refractivity contribution in [3.05, 3.63) is 29.3 Å². The zero-order chi connectivity index (χ0) is 13.1. The number of nitrogens with two attached hydrogens (primary N) is 1. The van der Waals surface area contributed by atoms with E-state index in [1.54, 1.807) is 6.20 Å². The molecule has 1 saturated heterocycles. The van der Waals surface area contributed by atoms with Gasteiger partial charge in [-0.05, 0) is 37.6 Å². The minimum Gasteiger partial charge on any atom is -0.327 e. The maximum Gasteiger partial charge on any atom is 0.0749 e. The minimum absolute atomic E-state index is 0.342. The molecule has 3 rings (SSSR count). The van der Waals surface area contributed by atoms with Gasteiger partial charge in [-0.15, -0.1) is 11.3 Å². The molecule has 102 valence electrons. The lowest BCUT2D eigenvalue weighted by Gasteiger charge is -2.21. The Hall–Kier alpha value is -1.17. The van der Waals surface area contributed by atoms with Crippen molar-refractivity contribution in [1.29, 1.82) is 0 Å². The van der Waals surface area contributed by atoms with E-state index >= 15 is 0 Å². The van der Waals surface area contributed by atoms with Crippen LogP contribution in [0.25, 0.3) is 10.6 Å². The predicted octanol–water partition coefficient (Wildman–Crippen LogP) is 2.45. The molecule has 1 atom stereocenters. The van der Waals surface area contributed by atoms with E-state index in [1.807, 2.05) is 17.4 Å². The summed E-state index contributed by atoms with van der Waals surface area (Å²) >= 11 is 1.84. The average molecular weight is 276 g/mol. The Bertz CT molecular complexity index is 505. The first-order valence-electron chi connectivity index (χ1n) is 6.87. The summed E-state index contributed by atoms with van der Waals surface area (Å²) in [6.07, 6.45) is 5.50. The van der Waals surface area contributed by atoms with Crippen LogP contribution in [0.5, 0.6) is 0 Å². The van der Waals surface area contributed by atoms with E-state index in [0.717, 1.165) is 18.8 Å². The van der Waals surface area contributed by atoms with Gasteiger partial charge >= 0.3 is 0 Å². The Morgan fingerprint density at radius 3 is 3.16 bits per heavy atom. The fourth-order valence-corrected chi connectivity index (χ4v) is 3.65. The number of thiophene rings is 1. The van der Waals surface area contributed by atoms with Gasteiger partial charge in [-0.2, -0.15) is 5.10 Å². The highest BCUT2D eigenvalue weighted by Crippen LogP contribution is 2.27. The SMILES string of the molecule is N[C@@H]1CCCCN(Cc2ccc(-c3ccn[nH]3)s2)C1. The average Bonchev–Trinajstić information content (AvgIpc) is 3.01. The second-order valence-corrected chi connectivity index (χ2v) is 6.40. The maximum atomic E-state index is 6.11. The molecule has 5 heteroatoms. The topological polar surface area (TPSA) is 57.9 Å². The number of H-pyrrole nitrogens is 1. The van der Waals surface area contributed by atoms with Crippen LogP contribution in [0, 0.1) is 0 Å². The van der Waals surface area contributed by atoms with Crippen LogP contribution in [0.3, 0.4) is 0 Å². The molecule has 3 heterocycles. The van der Waals surface area contributed by atoms with Crippen molar-refractivity contribution in [2.24, 2.45) is 5.73 Å². The number of aromatic nitrogens is 2. The first-order chi connectivity index (χ1) is 9.31. The van der Waals surface area contributed by atoms with E-state index in [9.17, 15) is 0 Å². The summed E-state index contributed by atoms with van der Waals surface area (Å²) in [6.45, 7) is 3.22. The Balaban J connectivity index is 1.66. The molecule has 2 aromatic rings. The molecule has 0 spiro atoms. The first-order valence-corrected chi connectivity index (χ1v) is 7.69. The van der Waals surface area contributed by atoms with Gasteiger partial charge in [0.05, 0.1) is 10.6 Å². The Morgan fingerprint density at radius 2 is 2.32 bits per heavy atom. The van der Waals surface area contributed by atoms with Crippen molar-refractivity contribution < 1.29 is 0 Å². The molecule has 0 radical (unpaired) electrons. The summed E-state index contributed by atoms with van der Waals surface area (Å²) < 4.78 is 0. The molecule has 1 aliphatic rings. The van der Waals surface area contributed by atoms with Crippen molar-refractivity contribution >= 4 is 11.3 Å². The van der Waals surface area contributed by atoms with Gasteiger partial charge < -0.3 is 5.73 Å². The van der Waals surface area contributed by atoms with Crippen LogP contribution >= 0.6 is 11.3 Å². The zero-order valence-corrected chi connectivity index (χ0v) is 11.8. The van der Waals surface area contributed by atoms with Crippen LogP contribution < -0.4 is 5.73 Å². The van der Waals surface area contributed by atoms with Gasteiger partial charge in [0, 0.05) is 30.2 Å². The van der Waals surface area contributed by atoms with Crippen LogP contribution in [-0.2, 0) is 6.54 Å². The van der Waals surface area contributed by atoms with Crippen LogP contribution in [0.4, 0.5) is 0 Å². The third kappa shape index (κ3) is 3.23. The number of likely N-dealkylation sites (tertiary alicyclic amines) is 1. The molecule has 0 aliphatic carbocycles. The van der Waals surface area contributed by atoms with Crippen molar-refractivity contribution in [2.45, 2.75) is 31.8 Å². The van der Waals surface area contributed by atoms with E-state index in [-0.39, 0.29) is 0 Å². The number of hydrogen-bond acceptors (Lipinski definition) is 4. The highest BCUT2D eigenvalue weighted by Gasteiger charge is 2.16. The molecule has 0 unspecified atom stereocenters. The Kier molecular flexibility index (Phi) is 3.96. The smallest absolute Gasteiger partial charge is 0.0749 e. The van der Waals surface area contributed by atoms with E-state index in [1.165, 1.54) is 35.6 Å². The van der Waals surface area contributed by atoms with Crippen molar-refractivity contribution in [1.82, 2.24) is 15.1 Å². The molecular weight excluding hydrogens is 256 g/mol. The van der Waals surface area contributed by atoms with Crippen LogP contribution in [0.2, 0.25) is 0 Å². The van der Waals surface area contributed by atoms with Crippen LogP contribution in [0.1, 0.15) is 24.1 Å². The second kappa shape index (κ2) is 5.86. The number of hydrogen-bond donors (Lipinski definition) is 2. The quantitative estimate of drug-likeness (QED) is 0.905. The van der Waals surface area contributed by atoms with E-state index < -0.39 is 0 Å².